The molecule has 2 aromatic rings. The van der Waals surface area contributed by atoms with Crippen LogP contribution in [-0.4, -0.2) is 40.5 Å². The Hall–Kier alpha value is -2.90. The highest BCUT2D eigenvalue weighted by atomic mass is 16.6. The molecule has 2 amide bonds. The van der Waals surface area contributed by atoms with E-state index < -0.39 is 17.6 Å². The van der Waals surface area contributed by atoms with Crippen LogP contribution in [0, 0.1) is 0 Å². The fraction of sp³-hybridized carbons (Fsp3) is 0.444. The number of ether oxygens (including phenoxy) is 1. The number of benzene rings is 1. The maximum Gasteiger partial charge on any atom is 0.407 e. The van der Waals surface area contributed by atoms with E-state index in [1.54, 1.807) is 52.0 Å². The maximum absolute atomic E-state index is 12.5. The van der Waals surface area contributed by atoms with Crippen molar-refractivity contribution in [3.8, 4) is 0 Å². The minimum absolute atomic E-state index is 0.180. The van der Waals surface area contributed by atoms with E-state index in [4.69, 9.17) is 4.74 Å². The first kappa shape index (κ1) is 19.4. The second kappa shape index (κ2) is 7.99. The summed E-state index contributed by atoms with van der Waals surface area (Å²) in [6, 6.07) is 6.86. The van der Waals surface area contributed by atoms with Crippen LogP contribution in [0.4, 0.5) is 4.79 Å². The Bertz CT molecular complexity index is 868. The standard InChI is InChI=1S/C18H24N4O4/c1-5-22-16(24)13-9-7-6-8-12(13)14(21-22)15(23)19-10-11-20-17(25)26-18(2,3)4/h6-9H,5,10-11H2,1-4H3,(H,19,23)(H,20,25). The van der Waals surface area contributed by atoms with E-state index in [0.717, 1.165) is 0 Å². The predicted octanol–water partition coefficient (Wildman–Crippen LogP) is 1.67. The molecular formula is C18H24N4O4. The third-order valence-electron chi connectivity index (χ3n) is 3.46. The second-order valence-corrected chi connectivity index (χ2v) is 6.70. The maximum atomic E-state index is 12.5. The van der Waals surface area contributed by atoms with Crippen molar-refractivity contribution in [3.63, 3.8) is 0 Å². The van der Waals surface area contributed by atoms with Crippen LogP contribution in [0.25, 0.3) is 10.8 Å². The Balaban J connectivity index is 2.05. The molecule has 2 N–H and O–H groups in total. The van der Waals surface area contributed by atoms with Crippen molar-refractivity contribution in [1.82, 2.24) is 20.4 Å². The molecule has 26 heavy (non-hydrogen) atoms. The van der Waals surface area contributed by atoms with Crippen LogP contribution in [-0.2, 0) is 11.3 Å². The molecule has 0 aliphatic carbocycles. The smallest absolute Gasteiger partial charge is 0.407 e. The lowest BCUT2D eigenvalue weighted by atomic mass is 10.1. The third-order valence-corrected chi connectivity index (χ3v) is 3.46. The Morgan fingerprint density at radius 1 is 1.12 bits per heavy atom. The molecule has 0 fully saturated rings. The van der Waals surface area contributed by atoms with E-state index in [2.05, 4.69) is 15.7 Å². The monoisotopic (exact) mass is 360 g/mol. The van der Waals surface area contributed by atoms with Crippen LogP contribution in [0.3, 0.4) is 0 Å². The van der Waals surface area contributed by atoms with E-state index in [-0.39, 0.29) is 24.3 Å². The molecule has 0 spiro atoms. The molecule has 0 saturated carbocycles. The van der Waals surface area contributed by atoms with Gasteiger partial charge in [0.05, 0.1) is 5.39 Å². The molecule has 0 unspecified atom stereocenters. The van der Waals surface area contributed by atoms with Crippen molar-refractivity contribution in [2.45, 2.75) is 39.8 Å². The van der Waals surface area contributed by atoms with Gasteiger partial charge in [-0.25, -0.2) is 9.48 Å². The average molecular weight is 360 g/mol. The summed E-state index contributed by atoms with van der Waals surface area (Å²) in [7, 11) is 0. The number of fused-ring (bicyclic) bond motifs is 1. The number of carbonyl (C=O) groups is 2. The molecular weight excluding hydrogens is 336 g/mol. The van der Waals surface area contributed by atoms with Crippen molar-refractivity contribution < 1.29 is 14.3 Å². The zero-order valence-corrected chi connectivity index (χ0v) is 15.5. The Morgan fingerprint density at radius 3 is 2.35 bits per heavy atom. The first-order chi connectivity index (χ1) is 12.2. The summed E-state index contributed by atoms with van der Waals surface area (Å²) in [6.07, 6.45) is -0.546. The molecule has 140 valence electrons. The van der Waals surface area contributed by atoms with Gasteiger partial charge in [-0.15, -0.1) is 0 Å². The van der Waals surface area contributed by atoms with E-state index in [1.807, 2.05) is 0 Å². The van der Waals surface area contributed by atoms with Gasteiger partial charge in [-0.3, -0.25) is 9.59 Å². The lowest BCUT2D eigenvalue weighted by Crippen LogP contribution is -2.38. The van der Waals surface area contributed by atoms with Crippen molar-refractivity contribution >= 4 is 22.8 Å². The number of hydrogen-bond acceptors (Lipinski definition) is 5. The number of hydrogen-bond donors (Lipinski definition) is 2. The average Bonchev–Trinajstić information content (AvgIpc) is 2.57. The number of aryl methyl sites for hydroxylation is 1. The molecule has 0 atom stereocenters. The number of rotatable bonds is 5. The van der Waals surface area contributed by atoms with Crippen molar-refractivity contribution in [3.05, 3.63) is 40.3 Å². The molecule has 0 saturated heterocycles. The zero-order chi connectivity index (χ0) is 19.3. The third kappa shape index (κ3) is 4.81. The molecule has 0 aliphatic rings. The van der Waals surface area contributed by atoms with Gasteiger partial charge in [0, 0.05) is 25.0 Å². The van der Waals surface area contributed by atoms with Crippen LogP contribution in [0.1, 0.15) is 38.2 Å². The second-order valence-electron chi connectivity index (χ2n) is 6.70. The van der Waals surface area contributed by atoms with Crippen LogP contribution < -0.4 is 16.2 Å². The first-order valence-corrected chi connectivity index (χ1v) is 8.48. The van der Waals surface area contributed by atoms with Crippen LogP contribution in [0.2, 0.25) is 0 Å². The van der Waals surface area contributed by atoms with Crippen molar-refractivity contribution in [2.75, 3.05) is 13.1 Å². The topological polar surface area (TPSA) is 102 Å². The molecule has 8 heteroatoms. The van der Waals surface area contributed by atoms with Gasteiger partial charge in [0.2, 0.25) is 0 Å². The minimum atomic E-state index is -0.579. The number of nitrogens with zero attached hydrogens (tertiary/aromatic N) is 2. The highest BCUT2D eigenvalue weighted by Gasteiger charge is 2.17. The fourth-order valence-electron chi connectivity index (χ4n) is 2.36. The summed E-state index contributed by atoms with van der Waals surface area (Å²) >= 11 is 0. The summed E-state index contributed by atoms with van der Waals surface area (Å²) in [4.78, 5) is 36.3. The van der Waals surface area contributed by atoms with Gasteiger partial charge >= 0.3 is 6.09 Å². The predicted molar refractivity (Wildman–Crippen MR) is 98.2 cm³/mol. The van der Waals surface area contributed by atoms with Crippen LogP contribution in [0.15, 0.2) is 29.1 Å². The van der Waals surface area contributed by atoms with Crippen molar-refractivity contribution in [1.29, 1.82) is 0 Å². The summed E-state index contributed by atoms with van der Waals surface area (Å²) < 4.78 is 6.38. The number of amides is 2. The Kier molecular flexibility index (Phi) is 5.97. The molecule has 1 heterocycles. The largest absolute Gasteiger partial charge is 0.444 e. The summed E-state index contributed by atoms with van der Waals surface area (Å²) in [5, 5.41) is 10.4. The number of carbonyl (C=O) groups excluding carboxylic acids is 2. The molecule has 8 nitrogen and oxygen atoms in total. The highest BCUT2D eigenvalue weighted by molar-refractivity contribution is 6.04. The first-order valence-electron chi connectivity index (χ1n) is 8.48. The summed E-state index contributed by atoms with van der Waals surface area (Å²) in [6.45, 7) is 7.89. The van der Waals surface area contributed by atoms with Gasteiger partial charge in [0.25, 0.3) is 11.5 Å². The van der Waals surface area contributed by atoms with Crippen molar-refractivity contribution in [2.24, 2.45) is 0 Å². The summed E-state index contributed by atoms with van der Waals surface area (Å²) in [5.41, 5.74) is -0.630. The molecule has 0 radical (unpaired) electrons. The summed E-state index contributed by atoms with van der Waals surface area (Å²) in [5.74, 6) is -0.408. The van der Waals surface area contributed by atoms with Crippen LogP contribution >= 0.6 is 0 Å². The SMILES string of the molecule is CCn1nc(C(=O)NCCNC(=O)OC(C)(C)C)c2ccccc2c1=O. The van der Waals surface area contributed by atoms with E-state index in [9.17, 15) is 14.4 Å². The van der Waals surface area contributed by atoms with E-state index >= 15 is 0 Å². The van der Waals surface area contributed by atoms with Gasteiger partial charge in [0.15, 0.2) is 5.69 Å². The Morgan fingerprint density at radius 2 is 1.73 bits per heavy atom. The molecule has 0 bridgehead atoms. The normalized spacial score (nSPS) is 11.2. The van der Waals surface area contributed by atoms with Crippen LogP contribution in [0.5, 0.6) is 0 Å². The molecule has 1 aromatic heterocycles. The number of nitrogens with one attached hydrogen (secondary N) is 2. The van der Waals surface area contributed by atoms with E-state index in [1.165, 1.54) is 4.68 Å². The zero-order valence-electron chi connectivity index (χ0n) is 15.5. The van der Waals surface area contributed by atoms with Gasteiger partial charge in [-0.05, 0) is 33.8 Å². The molecule has 0 aliphatic heterocycles. The van der Waals surface area contributed by atoms with E-state index in [0.29, 0.717) is 17.3 Å². The minimum Gasteiger partial charge on any atom is -0.444 e. The quantitative estimate of drug-likeness (QED) is 0.790. The van der Waals surface area contributed by atoms with Gasteiger partial charge in [-0.2, -0.15) is 5.10 Å². The highest BCUT2D eigenvalue weighted by Crippen LogP contribution is 2.13. The Labute approximate surface area is 151 Å². The van der Waals surface area contributed by atoms with Gasteiger partial charge in [0.1, 0.15) is 5.60 Å². The lowest BCUT2D eigenvalue weighted by Gasteiger charge is -2.19. The molecule has 2 rings (SSSR count). The van der Waals surface area contributed by atoms with Gasteiger partial charge in [-0.1, -0.05) is 18.2 Å². The number of alkyl carbamates (subject to hydrolysis) is 1. The fourth-order valence-corrected chi connectivity index (χ4v) is 2.36. The molecule has 1 aromatic carbocycles. The van der Waals surface area contributed by atoms with Gasteiger partial charge < -0.3 is 15.4 Å². The lowest BCUT2D eigenvalue weighted by molar-refractivity contribution is 0.0526. The number of aromatic nitrogens is 2.